The molecule has 7 nitrogen and oxygen atoms in total. The highest BCUT2D eigenvalue weighted by atomic mass is 32.1. The molecular weight excluding hydrogens is 376 g/mol. The molecule has 136 valence electrons. The predicted molar refractivity (Wildman–Crippen MR) is 105 cm³/mol. The number of nitro groups is 1. The molecule has 0 radical (unpaired) electrons. The van der Waals surface area contributed by atoms with Crippen molar-refractivity contribution in [1.29, 1.82) is 10.5 Å². The monoisotopic (exact) mass is 388 g/mol. The molecule has 2 aromatic carbocycles. The first kappa shape index (κ1) is 18.8. The smallest absolute Gasteiger partial charge is 0.267 e. The van der Waals surface area contributed by atoms with E-state index < -0.39 is 10.5 Å². The molecule has 0 aliphatic carbocycles. The summed E-state index contributed by atoms with van der Waals surface area (Å²) in [5, 5.41) is 29.8. The Bertz CT molecular complexity index is 1320. The van der Waals surface area contributed by atoms with E-state index in [1.165, 1.54) is 28.8 Å². The minimum absolute atomic E-state index is 0.136. The van der Waals surface area contributed by atoms with Gasteiger partial charge in [0.1, 0.15) is 16.8 Å². The van der Waals surface area contributed by atoms with Gasteiger partial charge >= 0.3 is 0 Å². The molecule has 1 heterocycles. The van der Waals surface area contributed by atoms with Crippen LogP contribution in [0.3, 0.4) is 0 Å². The van der Waals surface area contributed by atoms with E-state index in [0.717, 1.165) is 16.9 Å². The van der Waals surface area contributed by atoms with E-state index in [4.69, 9.17) is 0 Å². The van der Waals surface area contributed by atoms with Crippen LogP contribution >= 0.6 is 11.3 Å². The minimum atomic E-state index is -0.527. The summed E-state index contributed by atoms with van der Waals surface area (Å²) in [6.45, 7) is 1.90. The maximum atomic E-state index is 13.0. The van der Waals surface area contributed by atoms with E-state index in [2.05, 4.69) is 0 Å². The number of aromatic nitrogens is 1. The normalized spacial score (nSPS) is 10.9. The second kappa shape index (κ2) is 7.70. The van der Waals surface area contributed by atoms with Gasteiger partial charge in [0.25, 0.3) is 11.2 Å². The number of benzene rings is 2. The van der Waals surface area contributed by atoms with Crippen molar-refractivity contribution in [2.75, 3.05) is 0 Å². The Morgan fingerprint density at radius 1 is 1.14 bits per heavy atom. The van der Waals surface area contributed by atoms with Crippen molar-refractivity contribution >= 4 is 28.7 Å². The lowest BCUT2D eigenvalue weighted by molar-refractivity contribution is -0.385. The molecule has 28 heavy (non-hydrogen) atoms. The number of hydrogen-bond donors (Lipinski definition) is 0. The lowest BCUT2D eigenvalue weighted by Crippen LogP contribution is -2.30. The van der Waals surface area contributed by atoms with Crippen LogP contribution < -0.4 is 14.8 Å². The molecule has 0 N–H and O–H groups in total. The van der Waals surface area contributed by atoms with E-state index in [9.17, 15) is 25.4 Å². The van der Waals surface area contributed by atoms with Crippen LogP contribution in [0.5, 0.6) is 0 Å². The quantitative estimate of drug-likeness (QED) is 0.504. The maximum absolute atomic E-state index is 13.0. The fourth-order valence-electron chi connectivity index (χ4n) is 2.62. The third-order valence-electron chi connectivity index (χ3n) is 3.97. The molecular formula is C20H12N4O3S. The number of rotatable bonds is 3. The molecule has 0 unspecified atom stereocenters. The fourth-order valence-corrected chi connectivity index (χ4v) is 3.66. The van der Waals surface area contributed by atoms with Gasteiger partial charge in [-0.25, -0.2) is 0 Å². The summed E-state index contributed by atoms with van der Waals surface area (Å²) >= 11 is 0.948. The Hall–Kier alpha value is -4.01. The predicted octanol–water partition coefficient (Wildman–Crippen LogP) is 2.14. The summed E-state index contributed by atoms with van der Waals surface area (Å²) in [7, 11) is 0. The van der Waals surface area contributed by atoms with Gasteiger partial charge in [0.2, 0.25) is 0 Å². The highest BCUT2D eigenvalue weighted by Crippen LogP contribution is 2.18. The first-order valence-corrected chi connectivity index (χ1v) is 8.86. The van der Waals surface area contributed by atoms with Crippen LogP contribution in [0.1, 0.15) is 11.1 Å². The van der Waals surface area contributed by atoms with Crippen LogP contribution in [-0.4, -0.2) is 9.49 Å². The van der Waals surface area contributed by atoms with Gasteiger partial charge in [-0.3, -0.25) is 19.5 Å². The van der Waals surface area contributed by atoms with Crippen molar-refractivity contribution in [1.82, 2.24) is 4.57 Å². The van der Waals surface area contributed by atoms with Crippen LogP contribution in [0.2, 0.25) is 0 Å². The number of thiazole rings is 1. The number of para-hydroxylation sites is 1. The Labute approximate surface area is 163 Å². The van der Waals surface area contributed by atoms with Crippen molar-refractivity contribution < 1.29 is 4.92 Å². The van der Waals surface area contributed by atoms with Gasteiger partial charge in [0.05, 0.1) is 20.7 Å². The van der Waals surface area contributed by atoms with Crippen molar-refractivity contribution in [3.8, 4) is 17.8 Å². The molecule has 0 amide bonds. The van der Waals surface area contributed by atoms with Gasteiger partial charge in [-0.15, -0.1) is 11.3 Å². The fraction of sp³-hybridized carbons (Fsp3) is 0.0500. The molecule has 0 spiro atoms. The number of aryl methyl sites for hydroxylation is 1. The largest absolute Gasteiger partial charge is 0.276 e. The van der Waals surface area contributed by atoms with Gasteiger partial charge in [-0.05, 0) is 31.2 Å². The molecule has 3 aromatic rings. The van der Waals surface area contributed by atoms with Crippen LogP contribution in [0, 0.1) is 39.7 Å². The number of nitriles is 2. The van der Waals surface area contributed by atoms with E-state index >= 15 is 0 Å². The molecule has 8 heteroatoms. The summed E-state index contributed by atoms with van der Waals surface area (Å²) in [5.74, 6) is 0. The van der Waals surface area contributed by atoms with E-state index in [1.807, 2.05) is 31.2 Å². The summed E-state index contributed by atoms with van der Waals surface area (Å²) in [6, 6.07) is 16.7. The van der Waals surface area contributed by atoms with Gasteiger partial charge in [-0.1, -0.05) is 29.8 Å². The van der Waals surface area contributed by atoms with E-state index in [1.54, 1.807) is 18.2 Å². The molecule has 0 fully saturated rings. The molecule has 3 rings (SSSR count). The second-order valence-electron chi connectivity index (χ2n) is 5.81. The molecule has 0 aliphatic heterocycles. The highest BCUT2D eigenvalue weighted by Gasteiger charge is 2.14. The average molecular weight is 388 g/mol. The first-order valence-electron chi connectivity index (χ1n) is 8.05. The van der Waals surface area contributed by atoms with Crippen LogP contribution in [0.15, 0.2) is 53.3 Å². The van der Waals surface area contributed by atoms with E-state index in [0.29, 0.717) is 5.69 Å². The molecule has 0 atom stereocenters. The molecule has 1 aromatic heterocycles. The minimum Gasteiger partial charge on any atom is -0.267 e. The van der Waals surface area contributed by atoms with Crippen molar-refractivity contribution in [2.45, 2.75) is 6.92 Å². The van der Waals surface area contributed by atoms with Crippen LogP contribution in [0.4, 0.5) is 5.69 Å². The average Bonchev–Trinajstić information content (AvgIpc) is 3.00. The molecule has 0 saturated carbocycles. The zero-order chi connectivity index (χ0) is 20.3. The SMILES string of the molecule is Cc1ccc(-n2c(=C(C#N)C#N)s/c(=C/c3ccccc3[N+](=O)[O-])c2=O)cc1. The maximum Gasteiger partial charge on any atom is 0.276 e. The summed E-state index contributed by atoms with van der Waals surface area (Å²) in [6.07, 6.45) is 1.41. The zero-order valence-electron chi connectivity index (χ0n) is 14.6. The Morgan fingerprint density at radius 3 is 2.39 bits per heavy atom. The highest BCUT2D eigenvalue weighted by molar-refractivity contribution is 7.07. The summed E-state index contributed by atoms with van der Waals surface area (Å²) < 4.78 is 1.66. The molecule has 0 saturated heterocycles. The number of hydrogen-bond acceptors (Lipinski definition) is 6. The number of nitrogens with zero attached hydrogens (tertiary/aromatic N) is 4. The van der Waals surface area contributed by atoms with Crippen molar-refractivity contribution in [3.63, 3.8) is 0 Å². The second-order valence-corrected chi connectivity index (χ2v) is 6.84. The van der Waals surface area contributed by atoms with Gasteiger partial charge in [0, 0.05) is 6.07 Å². The van der Waals surface area contributed by atoms with Crippen molar-refractivity contribution in [2.24, 2.45) is 0 Å². The Kier molecular flexibility index (Phi) is 5.16. The number of nitro benzene ring substituents is 1. The topological polar surface area (TPSA) is 113 Å². The summed E-state index contributed by atoms with van der Waals surface area (Å²) in [4.78, 5) is 23.7. The Morgan fingerprint density at radius 2 is 1.79 bits per heavy atom. The van der Waals surface area contributed by atoms with Gasteiger partial charge in [-0.2, -0.15) is 10.5 Å². The molecule has 0 aliphatic rings. The first-order chi connectivity index (χ1) is 13.5. The van der Waals surface area contributed by atoms with Crippen LogP contribution in [0.25, 0.3) is 17.3 Å². The summed E-state index contributed by atoms with van der Waals surface area (Å²) in [5.41, 5.74) is 0.972. The standard InChI is InChI=1S/C20H12N4O3S/c1-13-6-8-16(9-7-13)23-19(25)18(28-20(23)15(11-21)12-22)10-14-4-2-3-5-17(14)24(26)27/h2-10H,1H3/b18-10+. The lowest BCUT2D eigenvalue weighted by Gasteiger charge is -2.02. The van der Waals surface area contributed by atoms with E-state index in [-0.39, 0.29) is 26.0 Å². The Balaban J connectivity index is 2.41. The zero-order valence-corrected chi connectivity index (χ0v) is 15.4. The van der Waals surface area contributed by atoms with Crippen LogP contribution in [-0.2, 0) is 0 Å². The van der Waals surface area contributed by atoms with Crippen molar-refractivity contribution in [3.05, 3.63) is 89.3 Å². The third kappa shape index (κ3) is 3.45. The lowest BCUT2D eigenvalue weighted by atomic mass is 10.2. The van der Waals surface area contributed by atoms with Gasteiger partial charge in [0.15, 0.2) is 5.57 Å². The van der Waals surface area contributed by atoms with Gasteiger partial charge < -0.3 is 0 Å². The molecule has 0 bridgehead atoms. The third-order valence-corrected chi connectivity index (χ3v) is 5.07.